The van der Waals surface area contributed by atoms with Crippen molar-refractivity contribution in [1.29, 1.82) is 0 Å². The van der Waals surface area contributed by atoms with Crippen LogP contribution in [-0.4, -0.2) is 0 Å². The van der Waals surface area contributed by atoms with Gasteiger partial charge in [-0.25, -0.2) is 0 Å². The maximum Gasteiger partial charge on any atom is 0.136 e. The van der Waals surface area contributed by atoms with Gasteiger partial charge >= 0.3 is 0 Å². The van der Waals surface area contributed by atoms with Crippen LogP contribution in [0, 0.1) is 0 Å². The molecule has 0 saturated heterocycles. The molecule has 0 aliphatic carbocycles. The Morgan fingerprint density at radius 3 is 1.25 bits per heavy atom. The van der Waals surface area contributed by atoms with Crippen LogP contribution in [0.5, 0.6) is 11.5 Å². The second-order valence-electron chi connectivity index (χ2n) is 15.3. The molecule has 0 unspecified atom stereocenters. The first kappa shape index (κ1) is 35.2. The Morgan fingerprint density at radius 2 is 0.733 bits per heavy atom. The summed E-state index contributed by atoms with van der Waals surface area (Å²) in [5.74, 6) is 1.71. The van der Waals surface area contributed by atoms with E-state index < -0.39 is 0 Å². The highest BCUT2D eigenvalue weighted by atomic mass is 16.5. The molecule has 11 rings (SSSR count). The van der Waals surface area contributed by atoms with Gasteiger partial charge in [0, 0.05) is 27.7 Å². The molecule has 0 bridgehead atoms. The van der Waals surface area contributed by atoms with Crippen molar-refractivity contribution in [2.45, 2.75) is 0 Å². The molecule has 1 heterocycles. The van der Waals surface area contributed by atoms with Crippen LogP contribution in [0.25, 0.3) is 77.5 Å². The van der Waals surface area contributed by atoms with Gasteiger partial charge in [0.1, 0.15) is 11.5 Å². The monoisotopic (exact) mass is 765 g/mol. The molecular weight excluding hydrogens is 727 g/mol. The Labute approximate surface area is 350 Å². The third kappa shape index (κ3) is 6.51. The van der Waals surface area contributed by atoms with E-state index in [0.29, 0.717) is 0 Å². The van der Waals surface area contributed by atoms with E-state index in [1.807, 2.05) is 0 Å². The number of hydrogen-bond acceptors (Lipinski definition) is 2. The van der Waals surface area contributed by atoms with Crippen molar-refractivity contribution >= 4 is 27.8 Å². The normalized spacial score (nSPS) is 11.5. The molecule has 0 aromatic heterocycles. The van der Waals surface area contributed by atoms with Gasteiger partial charge in [-0.2, -0.15) is 0 Å². The number of rotatable bonds is 8. The van der Waals surface area contributed by atoms with Gasteiger partial charge < -0.3 is 9.64 Å². The fourth-order valence-corrected chi connectivity index (χ4v) is 8.72. The number of benzene rings is 10. The van der Waals surface area contributed by atoms with Gasteiger partial charge in [-0.05, 0) is 134 Å². The van der Waals surface area contributed by atoms with Gasteiger partial charge in [-0.15, -0.1) is 0 Å². The average Bonchev–Trinajstić information content (AvgIpc) is 3.33. The number of ether oxygens (including phenoxy) is 1. The van der Waals surface area contributed by atoms with Crippen molar-refractivity contribution in [3.63, 3.8) is 0 Å². The molecule has 0 radical (unpaired) electrons. The van der Waals surface area contributed by atoms with Gasteiger partial charge in [0.05, 0.1) is 5.69 Å². The maximum atomic E-state index is 6.92. The van der Waals surface area contributed by atoms with Gasteiger partial charge in [0.25, 0.3) is 0 Å². The zero-order valence-corrected chi connectivity index (χ0v) is 32.9. The summed E-state index contributed by atoms with van der Waals surface area (Å²) in [7, 11) is 0. The second kappa shape index (κ2) is 15.1. The van der Waals surface area contributed by atoms with Crippen LogP contribution in [0.3, 0.4) is 0 Å². The van der Waals surface area contributed by atoms with Crippen molar-refractivity contribution in [3.8, 4) is 78.3 Å². The fourth-order valence-electron chi connectivity index (χ4n) is 8.72. The Kier molecular flexibility index (Phi) is 8.87. The lowest BCUT2D eigenvalue weighted by Crippen LogP contribution is -2.11. The minimum atomic E-state index is 0.855. The van der Waals surface area contributed by atoms with Crippen LogP contribution in [0.2, 0.25) is 0 Å². The Morgan fingerprint density at radius 1 is 0.267 bits per heavy atom. The highest BCUT2D eigenvalue weighted by Crippen LogP contribution is 2.52. The van der Waals surface area contributed by atoms with Crippen molar-refractivity contribution in [2.75, 3.05) is 4.90 Å². The van der Waals surface area contributed by atoms with Crippen molar-refractivity contribution in [3.05, 3.63) is 237 Å². The van der Waals surface area contributed by atoms with Gasteiger partial charge in [0.2, 0.25) is 0 Å². The highest BCUT2D eigenvalue weighted by Gasteiger charge is 2.25. The minimum absolute atomic E-state index is 0.855. The fraction of sp³-hybridized carbons (Fsp3) is 0. The molecule has 0 N–H and O–H groups in total. The minimum Gasteiger partial charge on any atom is -0.456 e. The smallest absolute Gasteiger partial charge is 0.136 e. The predicted octanol–water partition coefficient (Wildman–Crippen LogP) is 16.4. The molecule has 282 valence electrons. The van der Waals surface area contributed by atoms with E-state index in [1.165, 1.54) is 33.4 Å². The van der Waals surface area contributed by atoms with Crippen LogP contribution < -0.4 is 9.64 Å². The number of anilines is 3. The lowest BCUT2D eigenvalue weighted by Gasteiger charge is -2.30. The summed E-state index contributed by atoms with van der Waals surface area (Å²) >= 11 is 0. The van der Waals surface area contributed by atoms with Crippen LogP contribution in [0.15, 0.2) is 237 Å². The first-order chi connectivity index (χ1) is 29.7. The number of para-hydroxylation sites is 1. The van der Waals surface area contributed by atoms with Crippen LogP contribution in [0.4, 0.5) is 17.1 Å². The first-order valence-electron chi connectivity index (χ1n) is 20.5. The third-order valence-corrected chi connectivity index (χ3v) is 11.6. The van der Waals surface area contributed by atoms with Gasteiger partial charge in [-0.1, -0.05) is 164 Å². The largest absolute Gasteiger partial charge is 0.456 e. The first-order valence-corrected chi connectivity index (χ1v) is 20.5. The SMILES string of the molecule is c1ccc(-c2cc(-c3ccccc3)cc(-c3ccc4c(c3)Oc3ccc(N(c5ccccc5)c5cc(-c6ccccc6)cc(-c6ccccc6)c5)c5cccc-4c35)c2)cc1. The molecular formula is C58H39NO. The second-order valence-corrected chi connectivity index (χ2v) is 15.3. The van der Waals surface area contributed by atoms with Gasteiger partial charge in [0.15, 0.2) is 0 Å². The van der Waals surface area contributed by atoms with Gasteiger partial charge in [-0.3, -0.25) is 0 Å². The molecule has 2 nitrogen and oxygen atoms in total. The van der Waals surface area contributed by atoms with Crippen molar-refractivity contribution < 1.29 is 4.74 Å². The molecule has 0 spiro atoms. The molecule has 10 aromatic carbocycles. The predicted molar refractivity (Wildman–Crippen MR) is 251 cm³/mol. The van der Waals surface area contributed by atoms with Crippen molar-refractivity contribution in [2.24, 2.45) is 0 Å². The lowest BCUT2D eigenvalue weighted by molar-refractivity contribution is 0.487. The quantitative estimate of drug-likeness (QED) is 0.153. The Balaban J connectivity index is 1.05. The van der Waals surface area contributed by atoms with Crippen LogP contribution in [-0.2, 0) is 0 Å². The van der Waals surface area contributed by atoms with Crippen LogP contribution in [0.1, 0.15) is 0 Å². The van der Waals surface area contributed by atoms with E-state index in [4.69, 9.17) is 4.74 Å². The molecule has 1 aliphatic rings. The highest BCUT2D eigenvalue weighted by molar-refractivity contribution is 6.11. The molecule has 0 amide bonds. The molecule has 60 heavy (non-hydrogen) atoms. The Bertz CT molecular complexity index is 3030. The summed E-state index contributed by atoms with van der Waals surface area (Å²) in [4.78, 5) is 2.39. The van der Waals surface area contributed by atoms with Crippen molar-refractivity contribution in [1.82, 2.24) is 0 Å². The third-order valence-electron chi connectivity index (χ3n) is 11.6. The molecule has 2 heteroatoms. The summed E-state index contributed by atoms with van der Waals surface area (Å²) in [6, 6.07) is 84.7. The zero-order chi connectivity index (χ0) is 39.8. The van der Waals surface area contributed by atoms with E-state index in [-0.39, 0.29) is 0 Å². The molecule has 1 aliphatic heterocycles. The van der Waals surface area contributed by atoms with E-state index >= 15 is 0 Å². The number of nitrogens with zero attached hydrogens (tertiary/aromatic N) is 1. The van der Waals surface area contributed by atoms with E-state index in [2.05, 4.69) is 241 Å². The molecule has 0 atom stereocenters. The average molecular weight is 766 g/mol. The van der Waals surface area contributed by atoms with Crippen LogP contribution >= 0.6 is 0 Å². The standard InChI is InChI=1S/C58H39NO/c1-6-17-40(18-7-1)45-33-46(41-19-8-2-9-20-41)35-47(34-45)44-29-30-52-53-27-16-28-54-55(31-32-56(58(53)54)60-57(52)39-44)59(50-25-14-5-15-26-50)51-37-48(42-21-10-3-11-22-42)36-49(38-51)43-23-12-4-13-24-43/h1-39H. The summed E-state index contributed by atoms with van der Waals surface area (Å²) in [6.07, 6.45) is 0. The van der Waals surface area contributed by atoms with E-state index in [1.54, 1.807) is 0 Å². The topological polar surface area (TPSA) is 12.5 Å². The summed E-state index contributed by atoms with van der Waals surface area (Å²) in [5, 5.41) is 2.23. The maximum absolute atomic E-state index is 6.92. The van der Waals surface area contributed by atoms with E-state index in [0.717, 1.165) is 72.7 Å². The zero-order valence-electron chi connectivity index (χ0n) is 32.9. The van der Waals surface area contributed by atoms with E-state index in [9.17, 15) is 0 Å². The lowest BCUT2D eigenvalue weighted by atomic mass is 9.90. The molecule has 10 aromatic rings. The Hall–Kier alpha value is -7.94. The summed E-state index contributed by atoms with van der Waals surface area (Å²) < 4.78 is 6.92. The molecule has 0 saturated carbocycles. The number of hydrogen-bond donors (Lipinski definition) is 0. The summed E-state index contributed by atoms with van der Waals surface area (Å²) in [6.45, 7) is 0. The number of fused-ring (bicyclic) bond motifs is 2. The molecule has 0 fully saturated rings. The summed E-state index contributed by atoms with van der Waals surface area (Å²) in [5.41, 5.74) is 17.2.